The average Bonchev–Trinajstić information content (AvgIpc) is 3.11. The number of benzene rings is 1. The number of hydrogen-bond donors (Lipinski definition) is 1. The molecule has 3 rings (SSSR count). The van der Waals surface area contributed by atoms with Crippen molar-refractivity contribution < 1.29 is 5.48 Å². The van der Waals surface area contributed by atoms with E-state index in [0.717, 1.165) is 12.3 Å². The van der Waals surface area contributed by atoms with Gasteiger partial charge < -0.3 is 11.2 Å². The molecule has 0 atom stereocenters. The summed E-state index contributed by atoms with van der Waals surface area (Å²) in [5.74, 6) is 0.841. The Morgan fingerprint density at radius 1 is 1.14 bits per heavy atom. The number of nitrogens with zero attached hydrogens (tertiary/aromatic N) is 4. The molecule has 1 aromatic heterocycles. The number of aromatic nitrogens is 4. The molecule has 1 fully saturated rings. The molecule has 1 aliphatic rings. The SMILES string of the molecule is Nc1ccc(-n2nnn(CCCC3CCCC3)c2=O)cc1.O. The third-order valence-electron chi connectivity index (χ3n) is 4.23. The largest absolute Gasteiger partial charge is 0.412 e. The van der Waals surface area contributed by atoms with Crippen LogP contribution < -0.4 is 11.4 Å². The number of nitrogen functional groups attached to an aromatic ring is 1. The Kier molecular flexibility index (Phi) is 5.32. The van der Waals surface area contributed by atoms with Gasteiger partial charge in [0.25, 0.3) is 0 Å². The van der Waals surface area contributed by atoms with E-state index in [1.165, 1.54) is 41.5 Å². The van der Waals surface area contributed by atoms with E-state index in [2.05, 4.69) is 10.4 Å². The molecule has 1 heterocycles. The molecule has 4 N–H and O–H groups in total. The summed E-state index contributed by atoms with van der Waals surface area (Å²) in [5.41, 5.74) is 6.81. The van der Waals surface area contributed by atoms with Crippen LogP contribution in [0.25, 0.3) is 5.69 Å². The van der Waals surface area contributed by atoms with Crippen LogP contribution in [-0.4, -0.2) is 25.3 Å². The minimum Gasteiger partial charge on any atom is -0.412 e. The maximum absolute atomic E-state index is 12.3. The van der Waals surface area contributed by atoms with Gasteiger partial charge in [0.15, 0.2) is 0 Å². The highest BCUT2D eigenvalue weighted by Crippen LogP contribution is 2.28. The Hall–Kier alpha value is -2.15. The lowest BCUT2D eigenvalue weighted by Gasteiger charge is -2.07. The topological polar surface area (TPSA) is 110 Å². The van der Waals surface area contributed by atoms with Gasteiger partial charge in [-0.15, -0.1) is 0 Å². The number of aryl methyl sites for hydroxylation is 1. The van der Waals surface area contributed by atoms with E-state index in [1.54, 1.807) is 24.3 Å². The van der Waals surface area contributed by atoms with Gasteiger partial charge in [0.1, 0.15) is 0 Å². The first-order valence-electron chi connectivity index (χ1n) is 7.63. The van der Waals surface area contributed by atoms with Gasteiger partial charge in [-0.3, -0.25) is 0 Å². The lowest BCUT2D eigenvalue weighted by molar-refractivity contribution is 0.438. The summed E-state index contributed by atoms with van der Waals surface area (Å²) in [6.07, 6.45) is 7.57. The van der Waals surface area contributed by atoms with Crippen molar-refractivity contribution in [2.75, 3.05) is 5.73 Å². The summed E-state index contributed by atoms with van der Waals surface area (Å²) >= 11 is 0. The van der Waals surface area contributed by atoms with Crippen molar-refractivity contribution >= 4 is 5.69 Å². The molecule has 2 aromatic rings. The van der Waals surface area contributed by atoms with Crippen molar-refractivity contribution in [1.82, 2.24) is 19.8 Å². The first kappa shape index (κ1) is 16.2. The fourth-order valence-electron chi connectivity index (χ4n) is 3.02. The first-order valence-corrected chi connectivity index (χ1v) is 7.63. The summed E-state index contributed by atoms with van der Waals surface area (Å²) in [6.45, 7) is 0.643. The molecule has 0 saturated heterocycles. The van der Waals surface area contributed by atoms with Crippen molar-refractivity contribution in [2.45, 2.75) is 45.1 Å². The second-order valence-corrected chi connectivity index (χ2v) is 5.78. The fraction of sp³-hybridized carbons (Fsp3) is 0.533. The summed E-state index contributed by atoms with van der Waals surface area (Å²) in [5, 5.41) is 7.91. The molecule has 0 bridgehead atoms. The van der Waals surface area contributed by atoms with Crippen LogP contribution in [0.15, 0.2) is 29.1 Å². The highest BCUT2D eigenvalue weighted by Gasteiger charge is 2.15. The van der Waals surface area contributed by atoms with E-state index in [4.69, 9.17) is 5.73 Å². The maximum Gasteiger partial charge on any atom is 0.368 e. The first-order chi connectivity index (χ1) is 10.2. The van der Waals surface area contributed by atoms with Crippen molar-refractivity contribution in [3.05, 3.63) is 34.7 Å². The number of rotatable bonds is 5. The van der Waals surface area contributed by atoms with Crippen LogP contribution in [0.5, 0.6) is 0 Å². The van der Waals surface area contributed by atoms with E-state index >= 15 is 0 Å². The number of hydrogen-bond acceptors (Lipinski definition) is 4. The summed E-state index contributed by atoms with van der Waals surface area (Å²) in [6, 6.07) is 7.05. The molecular weight excluding hydrogens is 282 g/mol. The van der Waals surface area contributed by atoms with Crippen molar-refractivity contribution in [3.63, 3.8) is 0 Å². The zero-order chi connectivity index (χ0) is 14.7. The zero-order valence-corrected chi connectivity index (χ0v) is 12.6. The van der Waals surface area contributed by atoms with Gasteiger partial charge in [0, 0.05) is 12.2 Å². The second kappa shape index (κ2) is 7.22. The molecule has 22 heavy (non-hydrogen) atoms. The number of nitrogens with two attached hydrogens (primary N) is 1. The second-order valence-electron chi connectivity index (χ2n) is 5.78. The van der Waals surface area contributed by atoms with Gasteiger partial charge in [-0.2, -0.15) is 9.36 Å². The highest BCUT2D eigenvalue weighted by atomic mass is 16.2. The molecule has 0 aliphatic heterocycles. The van der Waals surface area contributed by atoms with E-state index < -0.39 is 0 Å². The van der Waals surface area contributed by atoms with Crippen LogP contribution in [0.4, 0.5) is 5.69 Å². The molecule has 7 nitrogen and oxygen atoms in total. The Balaban J connectivity index is 0.00000176. The zero-order valence-electron chi connectivity index (χ0n) is 12.6. The van der Waals surface area contributed by atoms with Gasteiger partial charge in [0.05, 0.1) is 5.69 Å². The van der Waals surface area contributed by atoms with E-state index in [9.17, 15) is 4.79 Å². The lowest BCUT2D eigenvalue weighted by atomic mass is 10.0. The number of anilines is 1. The van der Waals surface area contributed by atoms with Crippen LogP contribution in [0.3, 0.4) is 0 Å². The molecule has 0 radical (unpaired) electrons. The van der Waals surface area contributed by atoms with Crippen molar-refractivity contribution in [1.29, 1.82) is 0 Å². The predicted molar refractivity (Wildman–Crippen MR) is 84.8 cm³/mol. The third kappa shape index (κ3) is 3.54. The smallest absolute Gasteiger partial charge is 0.368 e. The molecule has 0 unspecified atom stereocenters. The maximum atomic E-state index is 12.3. The molecule has 0 amide bonds. The highest BCUT2D eigenvalue weighted by molar-refractivity contribution is 5.44. The van der Waals surface area contributed by atoms with Crippen LogP contribution >= 0.6 is 0 Å². The molecule has 1 saturated carbocycles. The minimum absolute atomic E-state index is 0. The van der Waals surface area contributed by atoms with Crippen molar-refractivity contribution in [3.8, 4) is 5.69 Å². The summed E-state index contributed by atoms with van der Waals surface area (Å²) < 4.78 is 2.76. The molecular formula is C15H23N5O2. The fourth-order valence-corrected chi connectivity index (χ4v) is 3.02. The standard InChI is InChI=1S/C15H21N5O.H2O/c16-13-7-9-14(10-8-13)20-15(21)19(17-18-20)11-3-6-12-4-1-2-5-12;/h7-10,12H,1-6,11,16H2;1H2. The van der Waals surface area contributed by atoms with Crippen LogP contribution in [-0.2, 0) is 6.54 Å². The summed E-state index contributed by atoms with van der Waals surface area (Å²) in [7, 11) is 0. The van der Waals surface area contributed by atoms with Crippen molar-refractivity contribution in [2.24, 2.45) is 5.92 Å². The average molecular weight is 305 g/mol. The van der Waals surface area contributed by atoms with Crippen LogP contribution in [0.1, 0.15) is 38.5 Å². The molecule has 1 aromatic carbocycles. The van der Waals surface area contributed by atoms with Crippen LogP contribution in [0, 0.1) is 5.92 Å². The number of tetrazole rings is 1. The molecule has 1 aliphatic carbocycles. The Labute approximate surface area is 129 Å². The quantitative estimate of drug-likeness (QED) is 0.835. The summed E-state index contributed by atoms with van der Waals surface area (Å²) in [4.78, 5) is 12.3. The predicted octanol–water partition coefficient (Wildman–Crippen LogP) is 1.16. The molecule has 0 spiro atoms. The third-order valence-corrected chi connectivity index (χ3v) is 4.23. The lowest BCUT2D eigenvalue weighted by Crippen LogP contribution is -2.24. The minimum atomic E-state index is -0.189. The van der Waals surface area contributed by atoms with E-state index in [-0.39, 0.29) is 11.2 Å². The monoisotopic (exact) mass is 305 g/mol. The van der Waals surface area contributed by atoms with Gasteiger partial charge in [0.2, 0.25) is 0 Å². The van der Waals surface area contributed by atoms with Gasteiger partial charge >= 0.3 is 5.69 Å². The van der Waals surface area contributed by atoms with Gasteiger partial charge in [-0.1, -0.05) is 25.7 Å². The van der Waals surface area contributed by atoms with E-state index in [0.29, 0.717) is 17.9 Å². The Morgan fingerprint density at radius 2 is 1.82 bits per heavy atom. The molecule has 7 heteroatoms. The van der Waals surface area contributed by atoms with E-state index in [1.807, 2.05) is 0 Å². The Bertz CT molecular complexity index is 641. The molecule has 120 valence electrons. The van der Waals surface area contributed by atoms with Crippen LogP contribution in [0.2, 0.25) is 0 Å². The van der Waals surface area contributed by atoms with Gasteiger partial charge in [-0.05, 0) is 53.5 Å². The van der Waals surface area contributed by atoms with Gasteiger partial charge in [-0.25, -0.2) is 4.79 Å². The Morgan fingerprint density at radius 3 is 2.50 bits per heavy atom. The normalized spacial score (nSPS) is 14.9.